The summed E-state index contributed by atoms with van der Waals surface area (Å²) in [5, 5.41) is 4.50. The van der Waals surface area contributed by atoms with Gasteiger partial charge in [0, 0.05) is 10.0 Å². The molecule has 8 nitrogen and oxygen atoms in total. The van der Waals surface area contributed by atoms with Crippen LogP contribution in [0.25, 0.3) is 0 Å². The monoisotopic (exact) mass is 622 g/mol. The molecule has 0 saturated carbocycles. The Kier molecular flexibility index (Phi) is 6.25. The Bertz CT molecular complexity index is 1720. The van der Waals surface area contributed by atoms with Gasteiger partial charge in [0.15, 0.2) is 0 Å². The summed E-state index contributed by atoms with van der Waals surface area (Å²) in [6.07, 6.45) is 0. The first-order chi connectivity index (χ1) is 21.4. The summed E-state index contributed by atoms with van der Waals surface area (Å²) in [6.45, 7) is 0. The van der Waals surface area contributed by atoms with Crippen LogP contribution in [0, 0.1) is 11.8 Å². The topological polar surface area (TPSA) is 81.2 Å². The number of nitrogens with zero attached hydrogens (tertiary/aromatic N) is 4. The largest absolute Gasteiger partial charge is 0.274 e. The number of hydrogen-bond acceptors (Lipinski definition) is 6. The number of carbonyl (C=O) groups excluding carboxylic acids is 4. The quantitative estimate of drug-likeness (QED) is 0.282. The van der Waals surface area contributed by atoms with Crippen LogP contribution in [0.4, 0.5) is 11.4 Å². The summed E-state index contributed by atoms with van der Waals surface area (Å²) in [5.74, 6) is -3.26. The Morgan fingerprint density at radius 3 is 1.18 bits per heavy atom. The van der Waals surface area contributed by atoms with E-state index in [0.717, 1.165) is 11.1 Å². The Morgan fingerprint density at radius 2 is 0.818 bits per heavy atom. The summed E-state index contributed by atoms with van der Waals surface area (Å²) in [6, 6.07) is 28.9. The highest BCUT2D eigenvalue weighted by Crippen LogP contribution is 2.59. The summed E-state index contributed by atoms with van der Waals surface area (Å²) in [7, 11) is 0. The van der Waals surface area contributed by atoms with Crippen LogP contribution in [0.15, 0.2) is 109 Å². The second kappa shape index (κ2) is 10.1. The molecule has 0 aromatic heterocycles. The van der Waals surface area contributed by atoms with E-state index < -0.39 is 47.8 Å². The smallest absolute Gasteiger partial charge is 0.253 e. The maximum absolute atomic E-state index is 14.4. The van der Waals surface area contributed by atoms with Gasteiger partial charge in [-0.3, -0.25) is 19.2 Å². The van der Waals surface area contributed by atoms with Gasteiger partial charge in [-0.2, -0.15) is 0 Å². The van der Waals surface area contributed by atoms with Crippen molar-refractivity contribution in [3.8, 4) is 0 Å². The summed E-state index contributed by atoms with van der Waals surface area (Å²) in [4.78, 5) is 59.9. The summed E-state index contributed by atoms with van der Waals surface area (Å²) < 4.78 is 0. The zero-order valence-electron chi connectivity index (χ0n) is 23.0. The molecule has 4 fully saturated rings. The molecule has 218 valence electrons. The van der Waals surface area contributed by atoms with Crippen LogP contribution in [0.1, 0.15) is 23.2 Å². The standard InChI is InChI=1S/C34H24Cl2N4O4/c35-21-13-7-15-23(17-21)37-31(41)25-27(19-9-3-1-4-10-19)39-30-26(32(42)38(34(30)44)24-16-8-14-22(36)18-24)28(20-11-5-2-6-12-20)40(39)29(25)33(37)43/h1-18,25-30H/t25-,26-,27+,28+,29-,30+/m1/s1. The molecule has 4 aliphatic rings. The van der Waals surface area contributed by atoms with Gasteiger partial charge in [-0.15, -0.1) is 0 Å². The van der Waals surface area contributed by atoms with Crippen LogP contribution >= 0.6 is 23.2 Å². The molecule has 0 bridgehead atoms. The minimum absolute atomic E-state index is 0.377. The SMILES string of the molecule is O=C1[C@H]2[C@H](C(=O)N1c1cccc(Cl)c1)N1[C@@H](c3ccccc3)[C@H]3C(=O)N(c4cccc(Cl)c4)C(=O)[C@H]3N1[C@H]2c1ccccc1. The molecule has 0 radical (unpaired) electrons. The molecule has 4 aromatic carbocycles. The van der Waals surface area contributed by atoms with Crippen molar-refractivity contribution in [2.24, 2.45) is 11.8 Å². The maximum atomic E-state index is 14.4. The number of fused-ring (bicyclic) bond motifs is 5. The molecule has 8 rings (SSSR count). The number of rotatable bonds is 4. The molecule has 0 aliphatic carbocycles. The van der Waals surface area contributed by atoms with E-state index in [-0.39, 0.29) is 11.8 Å². The van der Waals surface area contributed by atoms with Gasteiger partial charge in [0.1, 0.15) is 12.1 Å². The molecule has 10 heteroatoms. The van der Waals surface area contributed by atoms with Crippen LogP contribution in [-0.4, -0.2) is 45.7 Å². The molecule has 4 aliphatic heterocycles. The number of carbonyl (C=O) groups is 4. The zero-order valence-corrected chi connectivity index (χ0v) is 24.5. The molecule has 4 aromatic rings. The van der Waals surface area contributed by atoms with Crippen molar-refractivity contribution in [3.05, 3.63) is 130 Å². The Balaban J connectivity index is 1.33. The van der Waals surface area contributed by atoms with E-state index in [0.29, 0.717) is 21.4 Å². The fourth-order valence-corrected chi connectivity index (χ4v) is 7.91. The normalized spacial score (nSPS) is 28.1. The molecule has 0 spiro atoms. The van der Waals surface area contributed by atoms with Gasteiger partial charge in [-0.05, 0) is 47.5 Å². The number of halogens is 2. The third kappa shape index (κ3) is 3.78. The predicted octanol–water partition coefficient (Wildman–Crippen LogP) is 5.44. The van der Waals surface area contributed by atoms with E-state index in [2.05, 4.69) is 0 Å². The van der Waals surface area contributed by atoms with Crippen molar-refractivity contribution in [3.63, 3.8) is 0 Å². The second-order valence-corrected chi connectivity index (χ2v) is 12.3. The average Bonchev–Trinajstić information content (AvgIpc) is 3.69. The number of hydrogen-bond donors (Lipinski definition) is 0. The minimum atomic E-state index is -0.942. The second-order valence-electron chi connectivity index (χ2n) is 11.4. The van der Waals surface area contributed by atoms with Gasteiger partial charge in [0.05, 0.1) is 35.3 Å². The van der Waals surface area contributed by atoms with Crippen LogP contribution < -0.4 is 9.80 Å². The van der Waals surface area contributed by atoms with Crippen LogP contribution in [0.5, 0.6) is 0 Å². The van der Waals surface area contributed by atoms with Gasteiger partial charge in [0.25, 0.3) is 11.8 Å². The van der Waals surface area contributed by atoms with Gasteiger partial charge in [0.2, 0.25) is 11.8 Å². The van der Waals surface area contributed by atoms with E-state index in [4.69, 9.17) is 23.2 Å². The van der Waals surface area contributed by atoms with Crippen molar-refractivity contribution >= 4 is 58.2 Å². The number of amides is 4. The molecule has 4 saturated heterocycles. The van der Waals surface area contributed by atoms with Crippen molar-refractivity contribution < 1.29 is 19.2 Å². The van der Waals surface area contributed by atoms with Crippen LogP contribution in [0.3, 0.4) is 0 Å². The van der Waals surface area contributed by atoms with E-state index in [1.165, 1.54) is 9.80 Å². The molecule has 6 atom stereocenters. The first-order valence-corrected chi connectivity index (χ1v) is 15.1. The van der Waals surface area contributed by atoms with Gasteiger partial charge >= 0.3 is 0 Å². The number of hydrazine groups is 1. The van der Waals surface area contributed by atoms with Crippen molar-refractivity contribution in [2.75, 3.05) is 9.80 Å². The van der Waals surface area contributed by atoms with E-state index in [1.807, 2.05) is 70.7 Å². The Labute approximate surface area is 262 Å². The van der Waals surface area contributed by atoms with E-state index in [1.54, 1.807) is 48.5 Å². The zero-order chi connectivity index (χ0) is 30.3. The highest BCUT2D eigenvalue weighted by atomic mass is 35.5. The lowest BCUT2D eigenvalue weighted by molar-refractivity contribution is -0.136. The van der Waals surface area contributed by atoms with E-state index >= 15 is 0 Å². The van der Waals surface area contributed by atoms with Gasteiger partial charge < -0.3 is 0 Å². The highest BCUT2D eigenvalue weighted by molar-refractivity contribution is 6.32. The molecule has 44 heavy (non-hydrogen) atoms. The lowest BCUT2D eigenvalue weighted by Crippen LogP contribution is -2.50. The number of imide groups is 2. The van der Waals surface area contributed by atoms with Gasteiger partial charge in [-0.1, -0.05) is 96.0 Å². The van der Waals surface area contributed by atoms with E-state index in [9.17, 15) is 19.2 Å². The van der Waals surface area contributed by atoms with Crippen LogP contribution in [-0.2, 0) is 19.2 Å². The van der Waals surface area contributed by atoms with Crippen molar-refractivity contribution in [1.29, 1.82) is 0 Å². The lowest BCUT2D eigenvalue weighted by Gasteiger charge is -2.35. The summed E-state index contributed by atoms with van der Waals surface area (Å²) >= 11 is 12.5. The first kappa shape index (κ1) is 27.2. The van der Waals surface area contributed by atoms with Crippen molar-refractivity contribution in [1.82, 2.24) is 10.0 Å². The number of anilines is 2. The average molecular weight is 623 g/mol. The fourth-order valence-electron chi connectivity index (χ4n) is 7.54. The predicted molar refractivity (Wildman–Crippen MR) is 164 cm³/mol. The van der Waals surface area contributed by atoms with Crippen molar-refractivity contribution in [2.45, 2.75) is 24.2 Å². The maximum Gasteiger partial charge on any atom is 0.253 e. The molecule has 4 amide bonds. The molecule has 0 unspecified atom stereocenters. The Morgan fingerprint density at radius 1 is 0.432 bits per heavy atom. The highest BCUT2D eigenvalue weighted by Gasteiger charge is 2.73. The minimum Gasteiger partial charge on any atom is -0.274 e. The summed E-state index contributed by atoms with van der Waals surface area (Å²) in [5.41, 5.74) is 2.31. The molecular weight excluding hydrogens is 599 g/mol. The third-order valence-electron chi connectivity index (χ3n) is 9.14. The lowest BCUT2D eigenvalue weighted by atomic mass is 9.84. The number of benzene rings is 4. The molecular formula is C34H24Cl2N4O4. The third-order valence-corrected chi connectivity index (χ3v) is 9.61. The molecule has 4 heterocycles. The fraction of sp³-hybridized carbons (Fsp3) is 0.176. The van der Waals surface area contributed by atoms with Gasteiger partial charge in [-0.25, -0.2) is 19.8 Å². The van der Waals surface area contributed by atoms with Crippen LogP contribution in [0.2, 0.25) is 10.0 Å². The Hall–Kier alpha value is -4.34. The first-order valence-electron chi connectivity index (χ1n) is 14.3. The molecule has 0 N–H and O–H groups in total.